The number of amides is 2. The highest BCUT2D eigenvalue weighted by Crippen LogP contribution is 2.22. The molecule has 3 aromatic rings. The molecule has 2 heterocycles. The summed E-state index contributed by atoms with van der Waals surface area (Å²) < 4.78 is 0. The minimum absolute atomic E-state index is 0.237. The largest absolute Gasteiger partial charge is 0.274 e. The van der Waals surface area contributed by atoms with Gasteiger partial charge in [0.15, 0.2) is 5.82 Å². The van der Waals surface area contributed by atoms with E-state index in [0.717, 1.165) is 5.56 Å². The Kier molecular flexibility index (Phi) is 4.73. The van der Waals surface area contributed by atoms with Crippen molar-refractivity contribution in [1.82, 2.24) is 25.1 Å². The average molecular weight is 375 g/mol. The second-order valence-corrected chi connectivity index (χ2v) is 7.19. The molecule has 1 aliphatic heterocycles. The number of nitrogens with zero attached hydrogens (tertiary/aromatic N) is 5. The van der Waals surface area contributed by atoms with Gasteiger partial charge in [-0.25, -0.2) is 0 Å². The van der Waals surface area contributed by atoms with E-state index in [4.69, 9.17) is 0 Å². The van der Waals surface area contributed by atoms with E-state index in [1.54, 1.807) is 24.3 Å². The molecular formula is C21H21N5O2. The van der Waals surface area contributed by atoms with Crippen molar-refractivity contribution in [2.75, 3.05) is 6.54 Å². The predicted molar refractivity (Wildman–Crippen MR) is 103 cm³/mol. The highest BCUT2D eigenvalue weighted by molar-refractivity contribution is 6.21. The van der Waals surface area contributed by atoms with Gasteiger partial charge in [0, 0.05) is 13.0 Å². The summed E-state index contributed by atoms with van der Waals surface area (Å²) >= 11 is 0. The maximum Gasteiger partial charge on any atom is 0.261 e. The van der Waals surface area contributed by atoms with Crippen LogP contribution in [0.5, 0.6) is 0 Å². The zero-order valence-corrected chi connectivity index (χ0v) is 15.9. The lowest BCUT2D eigenvalue weighted by atomic mass is 10.0. The van der Waals surface area contributed by atoms with Crippen LogP contribution in [0.25, 0.3) is 0 Å². The molecule has 142 valence electrons. The molecule has 2 amide bonds. The van der Waals surface area contributed by atoms with Crippen molar-refractivity contribution in [2.24, 2.45) is 0 Å². The third kappa shape index (κ3) is 3.43. The van der Waals surface area contributed by atoms with Gasteiger partial charge in [-0.05, 0) is 34.4 Å². The Morgan fingerprint density at radius 1 is 0.929 bits per heavy atom. The number of tetrazole rings is 1. The molecular weight excluding hydrogens is 354 g/mol. The number of carbonyl (C=O) groups is 2. The topological polar surface area (TPSA) is 81.0 Å². The van der Waals surface area contributed by atoms with Crippen molar-refractivity contribution < 1.29 is 9.59 Å². The molecule has 0 saturated heterocycles. The van der Waals surface area contributed by atoms with E-state index in [-0.39, 0.29) is 18.4 Å². The van der Waals surface area contributed by atoms with Crippen LogP contribution in [0.3, 0.4) is 0 Å². The molecule has 0 atom stereocenters. The van der Waals surface area contributed by atoms with Crippen LogP contribution in [0.1, 0.15) is 57.4 Å². The summed E-state index contributed by atoms with van der Waals surface area (Å²) in [6.45, 7) is 5.09. The van der Waals surface area contributed by atoms with Gasteiger partial charge in [0.25, 0.3) is 11.8 Å². The smallest absolute Gasteiger partial charge is 0.261 e. The van der Waals surface area contributed by atoms with Crippen molar-refractivity contribution >= 4 is 11.8 Å². The number of imide groups is 1. The molecule has 0 unspecified atom stereocenters. The van der Waals surface area contributed by atoms with Gasteiger partial charge in [0.1, 0.15) is 0 Å². The highest BCUT2D eigenvalue weighted by atomic mass is 16.2. The standard InChI is InChI=1S/C21H21N5O2/c1-14(2)16-9-7-15(8-10-16)13-26-23-19(22-24-26)11-12-25-20(27)17-5-3-4-6-18(17)21(25)28/h3-10,14H,11-13H2,1-2H3. The molecule has 7 nitrogen and oxygen atoms in total. The predicted octanol–water partition coefficient (Wildman–Crippen LogP) is 2.68. The van der Waals surface area contributed by atoms with Crippen molar-refractivity contribution in [3.05, 3.63) is 76.6 Å². The maximum atomic E-state index is 12.4. The van der Waals surface area contributed by atoms with E-state index < -0.39 is 0 Å². The molecule has 2 aromatic carbocycles. The van der Waals surface area contributed by atoms with Gasteiger partial charge in [-0.1, -0.05) is 50.2 Å². The van der Waals surface area contributed by atoms with Crippen molar-refractivity contribution in [3.63, 3.8) is 0 Å². The second-order valence-electron chi connectivity index (χ2n) is 7.19. The number of aromatic nitrogens is 4. The Labute approximate surface area is 163 Å². The quantitative estimate of drug-likeness (QED) is 0.619. The van der Waals surface area contributed by atoms with Crippen LogP contribution in [-0.4, -0.2) is 43.5 Å². The van der Waals surface area contributed by atoms with E-state index in [1.165, 1.54) is 15.3 Å². The van der Waals surface area contributed by atoms with Gasteiger partial charge >= 0.3 is 0 Å². The number of hydrogen-bond acceptors (Lipinski definition) is 5. The van der Waals surface area contributed by atoms with E-state index in [1.807, 2.05) is 0 Å². The van der Waals surface area contributed by atoms with Gasteiger partial charge in [-0.2, -0.15) is 4.80 Å². The summed E-state index contributed by atoms with van der Waals surface area (Å²) in [5.74, 6) is 0.471. The summed E-state index contributed by atoms with van der Waals surface area (Å²) in [4.78, 5) is 27.6. The Hall–Kier alpha value is -3.35. The van der Waals surface area contributed by atoms with Gasteiger partial charge in [-0.3, -0.25) is 14.5 Å². The first-order chi connectivity index (χ1) is 13.5. The minimum Gasteiger partial charge on any atom is -0.274 e. The van der Waals surface area contributed by atoms with Gasteiger partial charge in [-0.15, -0.1) is 10.2 Å². The third-order valence-electron chi connectivity index (χ3n) is 4.90. The van der Waals surface area contributed by atoms with Gasteiger partial charge in [0.2, 0.25) is 0 Å². The molecule has 0 N–H and O–H groups in total. The zero-order chi connectivity index (χ0) is 19.7. The maximum absolute atomic E-state index is 12.4. The Morgan fingerprint density at radius 3 is 2.18 bits per heavy atom. The molecule has 1 aliphatic rings. The van der Waals surface area contributed by atoms with Crippen LogP contribution in [-0.2, 0) is 13.0 Å². The van der Waals surface area contributed by atoms with Crippen molar-refractivity contribution in [1.29, 1.82) is 0 Å². The summed E-state index contributed by atoms with van der Waals surface area (Å²) in [7, 11) is 0. The lowest BCUT2D eigenvalue weighted by molar-refractivity contribution is 0.0655. The normalized spacial score (nSPS) is 13.5. The van der Waals surface area contributed by atoms with Gasteiger partial charge < -0.3 is 0 Å². The molecule has 7 heteroatoms. The van der Waals surface area contributed by atoms with E-state index in [2.05, 4.69) is 53.5 Å². The van der Waals surface area contributed by atoms with Crippen LogP contribution in [0.15, 0.2) is 48.5 Å². The SMILES string of the molecule is CC(C)c1ccc(Cn2nnc(CCN3C(=O)c4ccccc4C3=O)n2)cc1. The van der Waals surface area contributed by atoms with E-state index >= 15 is 0 Å². The van der Waals surface area contributed by atoms with Crippen molar-refractivity contribution in [2.45, 2.75) is 32.7 Å². The first-order valence-corrected chi connectivity index (χ1v) is 9.33. The van der Waals surface area contributed by atoms with Crippen LogP contribution in [0.4, 0.5) is 0 Å². The molecule has 1 aromatic heterocycles. The third-order valence-corrected chi connectivity index (χ3v) is 4.90. The number of fused-ring (bicyclic) bond motifs is 1. The fraction of sp³-hybridized carbons (Fsp3) is 0.286. The zero-order valence-electron chi connectivity index (χ0n) is 15.9. The van der Waals surface area contributed by atoms with E-state index in [9.17, 15) is 9.59 Å². The monoisotopic (exact) mass is 375 g/mol. The molecule has 4 rings (SSSR count). The van der Waals surface area contributed by atoms with Crippen LogP contribution in [0, 0.1) is 0 Å². The number of rotatable bonds is 6. The number of carbonyl (C=O) groups excluding carboxylic acids is 2. The molecule has 0 aliphatic carbocycles. The number of hydrogen-bond donors (Lipinski definition) is 0. The van der Waals surface area contributed by atoms with Crippen molar-refractivity contribution in [3.8, 4) is 0 Å². The molecule has 28 heavy (non-hydrogen) atoms. The van der Waals surface area contributed by atoms with E-state index in [0.29, 0.717) is 35.8 Å². The molecule has 0 spiro atoms. The second kappa shape index (κ2) is 7.34. The first-order valence-electron chi connectivity index (χ1n) is 9.33. The van der Waals surface area contributed by atoms with Crippen LogP contribution >= 0.6 is 0 Å². The van der Waals surface area contributed by atoms with Gasteiger partial charge in [0.05, 0.1) is 17.7 Å². The Morgan fingerprint density at radius 2 is 1.57 bits per heavy atom. The summed E-state index contributed by atoms with van der Waals surface area (Å²) in [6.07, 6.45) is 0.373. The average Bonchev–Trinajstić information content (AvgIpc) is 3.24. The lowest BCUT2D eigenvalue weighted by Gasteiger charge is -2.11. The summed E-state index contributed by atoms with van der Waals surface area (Å²) in [5.41, 5.74) is 3.29. The fourth-order valence-electron chi connectivity index (χ4n) is 3.27. The Bertz CT molecular complexity index is 988. The fourth-order valence-corrected chi connectivity index (χ4v) is 3.27. The first kappa shape index (κ1) is 18.0. The lowest BCUT2D eigenvalue weighted by Crippen LogP contribution is -2.32. The minimum atomic E-state index is -0.266. The molecule has 0 bridgehead atoms. The summed E-state index contributed by atoms with van der Waals surface area (Å²) in [5, 5.41) is 12.5. The van der Waals surface area contributed by atoms with Crippen LogP contribution < -0.4 is 0 Å². The highest BCUT2D eigenvalue weighted by Gasteiger charge is 2.34. The molecule has 0 saturated carbocycles. The van der Waals surface area contributed by atoms with Crippen LogP contribution in [0.2, 0.25) is 0 Å². The Balaban J connectivity index is 1.38. The number of benzene rings is 2. The molecule has 0 radical (unpaired) electrons. The molecule has 0 fully saturated rings. The summed E-state index contributed by atoms with van der Waals surface area (Å²) in [6, 6.07) is 15.2.